The van der Waals surface area contributed by atoms with Crippen LogP contribution < -0.4 is 5.32 Å². The average Bonchev–Trinajstić information content (AvgIpc) is 2.50. The van der Waals surface area contributed by atoms with Crippen LogP contribution in [0.1, 0.15) is 42.3 Å². The molecule has 1 unspecified atom stereocenters. The van der Waals surface area contributed by atoms with E-state index in [0.717, 1.165) is 29.6 Å². The third-order valence-electron chi connectivity index (χ3n) is 3.74. The van der Waals surface area contributed by atoms with Gasteiger partial charge in [0.15, 0.2) is 0 Å². The molecule has 2 aromatic rings. The molecule has 112 valence electrons. The highest BCUT2D eigenvalue weighted by Crippen LogP contribution is 2.23. The van der Waals surface area contributed by atoms with Crippen molar-refractivity contribution in [2.75, 3.05) is 6.54 Å². The van der Waals surface area contributed by atoms with Gasteiger partial charge in [-0.1, -0.05) is 48.0 Å². The van der Waals surface area contributed by atoms with E-state index in [9.17, 15) is 0 Å². The summed E-state index contributed by atoms with van der Waals surface area (Å²) in [6.45, 7) is 7.38. The molecule has 1 atom stereocenters. The molecule has 0 saturated heterocycles. The summed E-state index contributed by atoms with van der Waals surface area (Å²) < 4.78 is 1.16. The highest BCUT2D eigenvalue weighted by atomic mass is 79.9. The zero-order valence-electron chi connectivity index (χ0n) is 13.0. The van der Waals surface area contributed by atoms with Crippen molar-refractivity contribution in [2.45, 2.75) is 39.7 Å². The molecule has 2 nitrogen and oxygen atoms in total. The van der Waals surface area contributed by atoms with Crippen LogP contribution in [0.25, 0.3) is 0 Å². The predicted molar refractivity (Wildman–Crippen MR) is 92.6 cm³/mol. The van der Waals surface area contributed by atoms with Crippen LogP contribution in [0.15, 0.2) is 41.0 Å². The Balaban J connectivity index is 2.19. The van der Waals surface area contributed by atoms with Gasteiger partial charge in [0.25, 0.3) is 0 Å². The number of hydrogen-bond donors (Lipinski definition) is 1. The van der Waals surface area contributed by atoms with Gasteiger partial charge in [0.05, 0.1) is 0 Å². The lowest BCUT2D eigenvalue weighted by atomic mass is 9.99. The maximum Gasteiger partial charge on any atom is 0.0422 e. The van der Waals surface area contributed by atoms with Gasteiger partial charge in [-0.3, -0.25) is 4.98 Å². The highest BCUT2D eigenvalue weighted by Gasteiger charge is 2.13. The van der Waals surface area contributed by atoms with Crippen molar-refractivity contribution in [3.63, 3.8) is 0 Å². The number of nitrogens with zero attached hydrogens (tertiary/aromatic N) is 1. The topological polar surface area (TPSA) is 24.9 Å². The Kier molecular flexibility index (Phi) is 5.95. The third-order valence-corrected chi connectivity index (χ3v) is 4.63. The Bertz CT molecular complexity index is 578. The van der Waals surface area contributed by atoms with Gasteiger partial charge in [-0.2, -0.15) is 0 Å². The minimum atomic E-state index is 0.307. The monoisotopic (exact) mass is 346 g/mol. The fraction of sp³-hybridized carbons (Fsp3) is 0.389. The molecule has 3 heteroatoms. The molecule has 0 aliphatic carbocycles. The second-order valence-electron chi connectivity index (χ2n) is 5.33. The standard InChI is InChI=1S/C18H23BrN2/c1-4-14-6-8-16(21-12-14)11-18(20-5-2)15-7-9-17(19)13(3)10-15/h6-10,12,18,20H,4-5,11H2,1-3H3. The summed E-state index contributed by atoms with van der Waals surface area (Å²) in [7, 11) is 0. The maximum absolute atomic E-state index is 4.59. The van der Waals surface area contributed by atoms with E-state index in [1.165, 1.54) is 16.7 Å². The molecule has 0 amide bonds. The summed E-state index contributed by atoms with van der Waals surface area (Å²) in [6, 6.07) is 11.2. The van der Waals surface area contributed by atoms with Gasteiger partial charge in [0.2, 0.25) is 0 Å². The Hall–Kier alpha value is -1.19. The van der Waals surface area contributed by atoms with Crippen molar-refractivity contribution in [1.29, 1.82) is 0 Å². The van der Waals surface area contributed by atoms with Crippen LogP contribution >= 0.6 is 15.9 Å². The zero-order chi connectivity index (χ0) is 15.2. The van der Waals surface area contributed by atoms with E-state index in [2.05, 4.69) is 77.3 Å². The minimum absolute atomic E-state index is 0.307. The number of rotatable bonds is 6. The first-order valence-electron chi connectivity index (χ1n) is 7.57. The van der Waals surface area contributed by atoms with E-state index in [1.54, 1.807) is 0 Å². The van der Waals surface area contributed by atoms with Crippen molar-refractivity contribution >= 4 is 15.9 Å². The number of nitrogens with one attached hydrogen (secondary N) is 1. The Morgan fingerprint density at radius 2 is 2.00 bits per heavy atom. The maximum atomic E-state index is 4.59. The van der Waals surface area contributed by atoms with E-state index >= 15 is 0 Å². The number of likely N-dealkylation sites (N-methyl/N-ethyl adjacent to an activating group) is 1. The summed E-state index contributed by atoms with van der Waals surface area (Å²) >= 11 is 3.57. The van der Waals surface area contributed by atoms with Crippen LogP contribution in [0.5, 0.6) is 0 Å². The smallest absolute Gasteiger partial charge is 0.0422 e. The second-order valence-corrected chi connectivity index (χ2v) is 6.19. The molecular formula is C18H23BrN2. The quantitative estimate of drug-likeness (QED) is 0.826. The number of halogens is 1. The molecule has 0 aliphatic rings. The first kappa shape index (κ1) is 16.2. The Labute approximate surface area is 136 Å². The van der Waals surface area contributed by atoms with Crippen molar-refractivity contribution < 1.29 is 0 Å². The van der Waals surface area contributed by atoms with Gasteiger partial charge in [-0.05, 0) is 48.7 Å². The molecule has 1 aromatic heterocycles. The minimum Gasteiger partial charge on any atom is -0.310 e. The van der Waals surface area contributed by atoms with Crippen LogP contribution in [0.4, 0.5) is 0 Å². The predicted octanol–water partition coefficient (Wildman–Crippen LogP) is 4.61. The fourth-order valence-electron chi connectivity index (χ4n) is 2.43. The van der Waals surface area contributed by atoms with Gasteiger partial charge in [-0.25, -0.2) is 0 Å². The number of benzene rings is 1. The lowest BCUT2D eigenvalue weighted by Gasteiger charge is -2.19. The summed E-state index contributed by atoms with van der Waals surface area (Å²) in [5.41, 5.74) is 5.01. The lowest BCUT2D eigenvalue weighted by molar-refractivity contribution is 0.543. The number of aryl methyl sites for hydroxylation is 2. The molecule has 0 saturated carbocycles. The summed E-state index contributed by atoms with van der Waals surface area (Å²) in [5.74, 6) is 0. The van der Waals surface area contributed by atoms with Crippen LogP contribution in [-0.4, -0.2) is 11.5 Å². The molecule has 1 aromatic carbocycles. The fourth-order valence-corrected chi connectivity index (χ4v) is 2.68. The van der Waals surface area contributed by atoms with E-state index < -0.39 is 0 Å². The van der Waals surface area contributed by atoms with E-state index in [-0.39, 0.29) is 0 Å². The zero-order valence-corrected chi connectivity index (χ0v) is 14.6. The van der Waals surface area contributed by atoms with E-state index in [1.807, 2.05) is 6.20 Å². The van der Waals surface area contributed by atoms with Gasteiger partial charge in [0.1, 0.15) is 0 Å². The molecule has 0 aliphatic heterocycles. The molecular weight excluding hydrogens is 324 g/mol. The summed E-state index contributed by atoms with van der Waals surface area (Å²) in [6.07, 6.45) is 3.94. The Morgan fingerprint density at radius 1 is 1.19 bits per heavy atom. The van der Waals surface area contributed by atoms with Gasteiger partial charge in [-0.15, -0.1) is 0 Å². The molecule has 1 heterocycles. The van der Waals surface area contributed by atoms with E-state index in [4.69, 9.17) is 0 Å². The number of hydrogen-bond acceptors (Lipinski definition) is 2. The average molecular weight is 347 g/mol. The lowest BCUT2D eigenvalue weighted by Crippen LogP contribution is -2.23. The third kappa shape index (κ3) is 4.39. The van der Waals surface area contributed by atoms with Gasteiger partial charge < -0.3 is 5.32 Å². The molecule has 21 heavy (non-hydrogen) atoms. The van der Waals surface area contributed by atoms with Gasteiger partial charge >= 0.3 is 0 Å². The number of aromatic nitrogens is 1. The van der Waals surface area contributed by atoms with Crippen molar-refractivity contribution in [1.82, 2.24) is 10.3 Å². The van der Waals surface area contributed by atoms with Crippen LogP contribution in [0.3, 0.4) is 0 Å². The summed E-state index contributed by atoms with van der Waals surface area (Å²) in [4.78, 5) is 4.59. The molecule has 0 spiro atoms. The van der Waals surface area contributed by atoms with Crippen LogP contribution in [-0.2, 0) is 12.8 Å². The molecule has 1 N–H and O–H groups in total. The number of pyridine rings is 1. The van der Waals surface area contributed by atoms with Crippen LogP contribution in [0, 0.1) is 6.92 Å². The molecule has 0 fully saturated rings. The first-order chi connectivity index (χ1) is 10.1. The first-order valence-corrected chi connectivity index (χ1v) is 8.36. The summed E-state index contributed by atoms with van der Waals surface area (Å²) in [5, 5.41) is 3.57. The molecule has 0 bridgehead atoms. The van der Waals surface area contributed by atoms with Crippen LogP contribution in [0.2, 0.25) is 0 Å². The van der Waals surface area contributed by atoms with Crippen molar-refractivity contribution in [2.24, 2.45) is 0 Å². The highest BCUT2D eigenvalue weighted by molar-refractivity contribution is 9.10. The molecule has 0 radical (unpaired) electrons. The second kappa shape index (κ2) is 7.71. The largest absolute Gasteiger partial charge is 0.310 e. The van der Waals surface area contributed by atoms with Crippen molar-refractivity contribution in [3.05, 3.63) is 63.4 Å². The molecule has 2 rings (SSSR count). The normalized spacial score (nSPS) is 12.4. The Morgan fingerprint density at radius 3 is 2.57 bits per heavy atom. The van der Waals surface area contributed by atoms with Crippen molar-refractivity contribution in [3.8, 4) is 0 Å². The van der Waals surface area contributed by atoms with Gasteiger partial charge in [0, 0.05) is 28.8 Å². The van der Waals surface area contributed by atoms with E-state index in [0.29, 0.717) is 6.04 Å². The SMILES string of the molecule is CCNC(Cc1ccc(CC)cn1)c1ccc(Br)c(C)c1.